The number of aryl methyl sites for hydroxylation is 1. The predicted molar refractivity (Wildman–Crippen MR) is 109 cm³/mol. The van der Waals surface area contributed by atoms with Gasteiger partial charge in [-0.2, -0.15) is 13.2 Å². The van der Waals surface area contributed by atoms with Crippen LogP contribution in [0.5, 0.6) is 5.88 Å². The molecule has 0 aliphatic heterocycles. The maximum atomic E-state index is 13.1. The van der Waals surface area contributed by atoms with E-state index in [-0.39, 0.29) is 17.4 Å². The minimum Gasteiger partial charge on any atom is -0.468 e. The van der Waals surface area contributed by atoms with Crippen molar-refractivity contribution < 1.29 is 22.7 Å². The molecule has 0 unspecified atom stereocenters. The molecular formula is C23H22F3N3O2. The second kappa shape index (κ2) is 10.1. The van der Waals surface area contributed by atoms with Gasteiger partial charge in [0.05, 0.1) is 5.56 Å². The fourth-order valence-corrected chi connectivity index (χ4v) is 2.94. The van der Waals surface area contributed by atoms with E-state index in [4.69, 9.17) is 0 Å². The summed E-state index contributed by atoms with van der Waals surface area (Å²) in [6.45, 7) is 1.33. The van der Waals surface area contributed by atoms with E-state index in [9.17, 15) is 18.0 Å². The Morgan fingerprint density at radius 2 is 1.68 bits per heavy atom. The largest absolute Gasteiger partial charge is 0.468 e. The molecule has 3 aromatic rings. The third kappa shape index (κ3) is 6.80. The SMILES string of the molecule is CCc1ccc(CN(Cc2cccnc2)C(=O)c2ccc(OCC(F)(F)F)nc2)cc1. The molecule has 0 saturated carbocycles. The lowest BCUT2D eigenvalue weighted by molar-refractivity contribution is -0.154. The number of carbonyl (C=O) groups excluding carboxylic acids is 1. The summed E-state index contributed by atoms with van der Waals surface area (Å²) >= 11 is 0. The molecule has 0 radical (unpaired) electrons. The third-order valence-electron chi connectivity index (χ3n) is 4.56. The number of amides is 1. The number of pyridine rings is 2. The molecule has 0 N–H and O–H groups in total. The smallest absolute Gasteiger partial charge is 0.422 e. The zero-order valence-electron chi connectivity index (χ0n) is 17.0. The van der Waals surface area contributed by atoms with Crippen molar-refractivity contribution in [2.75, 3.05) is 6.61 Å². The Kier molecular flexibility index (Phi) is 7.23. The highest BCUT2D eigenvalue weighted by atomic mass is 19.4. The van der Waals surface area contributed by atoms with Gasteiger partial charge in [-0.15, -0.1) is 0 Å². The number of hydrogen-bond acceptors (Lipinski definition) is 4. The van der Waals surface area contributed by atoms with Crippen molar-refractivity contribution in [3.8, 4) is 5.88 Å². The molecule has 8 heteroatoms. The van der Waals surface area contributed by atoms with Crippen LogP contribution in [0.25, 0.3) is 0 Å². The first-order chi connectivity index (χ1) is 14.8. The Hall–Kier alpha value is -3.42. The van der Waals surface area contributed by atoms with E-state index >= 15 is 0 Å². The molecule has 0 spiro atoms. The zero-order valence-corrected chi connectivity index (χ0v) is 17.0. The average Bonchev–Trinajstić information content (AvgIpc) is 2.78. The summed E-state index contributed by atoms with van der Waals surface area (Å²) in [5.41, 5.74) is 3.28. The summed E-state index contributed by atoms with van der Waals surface area (Å²) in [7, 11) is 0. The summed E-state index contributed by atoms with van der Waals surface area (Å²) in [5, 5.41) is 0. The van der Waals surface area contributed by atoms with E-state index in [1.54, 1.807) is 23.4 Å². The lowest BCUT2D eigenvalue weighted by Gasteiger charge is -2.23. The molecule has 0 fully saturated rings. The van der Waals surface area contributed by atoms with E-state index in [0.29, 0.717) is 13.1 Å². The Bertz CT molecular complexity index is 976. The Morgan fingerprint density at radius 1 is 0.968 bits per heavy atom. The van der Waals surface area contributed by atoms with Gasteiger partial charge < -0.3 is 9.64 Å². The Labute approximate surface area is 178 Å². The van der Waals surface area contributed by atoms with Crippen LogP contribution < -0.4 is 4.74 Å². The first kappa shape index (κ1) is 22.3. The number of ether oxygens (including phenoxy) is 1. The van der Waals surface area contributed by atoms with Crippen molar-refractivity contribution in [2.24, 2.45) is 0 Å². The molecule has 2 aromatic heterocycles. The fraction of sp³-hybridized carbons (Fsp3) is 0.261. The van der Waals surface area contributed by atoms with Gasteiger partial charge in [-0.25, -0.2) is 4.98 Å². The van der Waals surface area contributed by atoms with Gasteiger partial charge in [-0.3, -0.25) is 9.78 Å². The van der Waals surface area contributed by atoms with E-state index < -0.39 is 12.8 Å². The molecule has 1 amide bonds. The Morgan fingerprint density at radius 3 is 2.26 bits per heavy atom. The van der Waals surface area contributed by atoms with Crippen molar-refractivity contribution >= 4 is 5.91 Å². The van der Waals surface area contributed by atoms with Gasteiger partial charge in [0.15, 0.2) is 6.61 Å². The lowest BCUT2D eigenvalue weighted by Crippen LogP contribution is -2.30. The fourth-order valence-electron chi connectivity index (χ4n) is 2.94. The number of halogens is 3. The van der Waals surface area contributed by atoms with Crippen LogP contribution in [0.4, 0.5) is 13.2 Å². The van der Waals surface area contributed by atoms with Crippen LogP contribution in [0.2, 0.25) is 0 Å². The molecule has 31 heavy (non-hydrogen) atoms. The van der Waals surface area contributed by atoms with Gasteiger partial charge in [-0.1, -0.05) is 37.3 Å². The number of carbonyl (C=O) groups is 1. The number of nitrogens with zero attached hydrogens (tertiary/aromatic N) is 3. The van der Waals surface area contributed by atoms with E-state index in [0.717, 1.165) is 17.5 Å². The second-order valence-electron chi connectivity index (χ2n) is 6.98. The summed E-state index contributed by atoms with van der Waals surface area (Å²) < 4.78 is 41.5. The van der Waals surface area contributed by atoms with Crippen molar-refractivity contribution in [3.05, 3.63) is 89.4 Å². The zero-order chi connectivity index (χ0) is 22.3. The summed E-state index contributed by atoms with van der Waals surface area (Å²) in [6, 6.07) is 14.4. The van der Waals surface area contributed by atoms with Crippen LogP contribution in [-0.2, 0) is 19.5 Å². The molecule has 5 nitrogen and oxygen atoms in total. The first-order valence-corrected chi connectivity index (χ1v) is 9.75. The molecule has 0 atom stereocenters. The molecule has 1 aromatic carbocycles. The number of hydrogen-bond donors (Lipinski definition) is 0. The monoisotopic (exact) mass is 429 g/mol. The number of rotatable bonds is 8. The van der Waals surface area contributed by atoms with E-state index in [1.807, 2.05) is 30.3 Å². The van der Waals surface area contributed by atoms with Gasteiger partial charge in [0, 0.05) is 37.7 Å². The summed E-state index contributed by atoms with van der Waals surface area (Å²) in [4.78, 5) is 22.7. The van der Waals surface area contributed by atoms with E-state index in [2.05, 4.69) is 21.6 Å². The second-order valence-corrected chi connectivity index (χ2v) is 6.98. The topological polar surface area (TPSA) is 55.3 Å². The quantitative estimate of drug-likeness (QED) is 0.515. The molecule has 0 bridgehead atoms. The van der Waals surface area contributed by atoms with Gasteiger partial charge in [0.2, 0.25) is 5.88 Å². The first-order valence-electron chi connectivity index (χ1n) is 9.75. The van der Waals surface area contributed by atoms with Crippen LogP contribution in [0.3, 0.4) is 0 Å². The minimum absolute atomic E-state index is 0.192. The van der Waals surface area contributed by atoms with Crippen molar-refractivity contribution in [3.63, 3.8) is 0 Å². The summed E-state index contributed by atoms with van der Waals surface area (Å²) in [6.07, 6.45) is 1.04. The molecule has 0 saturated heterocycles. The molecule has 2 heterocycles. The van der Waals surface area contributed by atoms with Gasteiger partial charge >= 0.3 is 6.18 Å². The average molecular weight is 429 g/mol. The predicted octanol–water partition coefficient (Wildman–Crippen LogP) is 4.82. The highest BCUT2D eigenvalue weighted by Crippen LogP contribution is 2.19. The van der Waals surface area contributed by atoms with E-state index in [1.165, 1.54) is 23.9 Å². The molecule has 0 aliphatic rings. The lowest BCUT2D eigenvalue weighted by atomic mass is 10.1. The Balaban J connectivity index is 1.77. The molecular weight excluding hydrogens is 407 g/mol. The van der Waals surface area contributed by atoms with Crippen molar-refractivity contribution in [1.29, 1.82) is 0 Å². The summed E-state index contributed by atoms with van der Waals surface area (Å²) in [5.74, 6) is -0.485. The normalized spacial score (nSPS) is 11.2. The van der Waals surface area contributed by atoms with Crippen LogP contribution >= 0.6 is 0 Å². The van der Waals surface area contributed by atoms with Crippen molar-refractivity contribution in [2.45, 2.75) is 32.6 Å². The van der Waals surface area contributed by atoms with Crippen LogP contribution in [0.15, 0.2) is 67.1 Å². The molecule has 162 valence electrons. The van der Waals surface area contributed by atoms with Crippen LogP contribution in [0.1, 0.15) is 34.0 Å². The molecule has 3 rings (SSSR count). The number of alkyl halides is 3. The third-order valence-corrected chi connectivity index (χ3v) is 4.56. The van der Waals surface area contributed by atoms with Crippen molar-refractivity contribution in [1.82, 2.24) is 14.9 Å². The maximum Gasteiger partial charge on any atom is 0.422 e. The van der Waals surface area contributed by atoms with Gasteiger partial charge in [0.25, 0.3) is 5.91 Å². The van der Waals surface area contributed by atoms with Crippen LogP contribution in [-0.4, -0.2) is 33.6 Å². The minimum atomic E-state index is -4.45. The molecule has 0 aliphatic carbocycles. The number of benzene rings is 1. The number of aromatic nitrogens is 2. The van der Waals surface area contributed by atoms with Crippen LogP contribution in [0, 0.1) is 0 Å². The highest BCUT2D eigenvalue weighted by molar-refractivity contribution is 5.93. The highest BCUT2D eigenvalue weighted by Gasteiger charge is 2.28. The maximum absolute atomic E-state index is 13.1. The standard InChI is InChI=1S/C23H22F3N3O2/c1-2-17-5-7-18(8-6-17)14-29(15-19-4-3-11-27-12-19)22(30)20-9-10-21(28-13-20)31-16-23(24,25)26/h3-13H,2,14-16H2,1H3. The van der Waals surface area contributed by atoms with Gasteiger partial charge in [0.1, 0.15) is 0 Å². The van der Waals surface area contributed by atoms with Gasteiger partial charge in [-0.05, 0) is 35.2 Å².